The second-order valence-corrected chi connectivity index (χ2v) is 5.43. The van der Waals surface area contributed by atoms with Gasteiger partial charge >= 0.3 is 0 Å². The van der Waals surface area contributed by atoms with Gasteiger partial charge in [-0.15, -0.1) is 0 Å². The molecule has 1 heterocycles. The maximum Gasteiger partial charge on any atom is 0.160 e. The monoisotopic (exact) mass is 289 g/mol. The van der Waals surface area contributed by atoms with Crippen LogP contribution in [0.5, 0.6) is 11.5 Å². The molecule has 21 heavy (non-hydrogen) atoms. The summed E-state index contributed by atoms with van der Waals surface area (Å²) in [6.45, 7) is 4.57. The van der Waals surface area contributed by atoms with E-state index in [1.54, 1.807) is 14.2 Å². The van der Waals surface area contributed by atoms with Crippen molar-refractivity contribution in [2.45, 2.75) is 24.8 Å². The van der Waals surface area contributed by atoms with Crippen molar-refractivity contribution in [3.63, 3.8) is 0 Å². The molecule has 4 heteroatoms. The molecule has 2 atom stereocenters. The smallest absolute Gasteiger partial charge is 0.160 e. The molecule has 114 valence electrons. The Kier molecular flexibility index (Phi) is 5.02. The molecule has 2 unspecified atom stereocenters. The predicted molar refractivity (Wildman–Crippen MR) is 83.1 cm³/mol. The number of rotatable bonds is 6. The van der Waals surface area contributed by atoms with Gasteiger partial charge < -0.3 is 14.4 Å². The molecule has 0 bridgehead atoms. The molecular weight excluding hydrogens is 266 g/mol. The van der Waals surface area contributed by atoms with Crippen LogP contribution in [0.3, 0.4) is 0 Å². The van der Waals surface area contributed by atoms with Gasteiger partial charge in [-0.05, 0) is 43.8 Å². The van der Waals surface area contributed by atoms with E-state index in [2.05, 4.69) is 24.6 Å². The van der Waals surface area contributed by atoms with Crippen LogP contribution in [0.15, 0.2) is 30.9 Å². The number of carbonyl (C=O) groups excluding carboxylic acids is 1. The van der Waals surface area contributed by atoms with Crippen molar-refractivity contribution in [3.05, 3.63) is 36.4 Å². The molecule has 1 fully saturated rings. The highest BCUT2D eigenvalue weighted by Crippen LogP contribution is 2.38. The Bertz CT molecular complexity index is 527. The molecule has 1 aromatic rings. The molecule has 0 saturated carbocycles. The highest BCUT2D eigenvalue weighted by molar-refractivity contribution is 5.89. The molecule has 2 rings (SSSR count). The number of likely N-dealkylation sites (N-methyl/N-ethyl adjacent to an activating group) is 1. The molecular formula is C17H23NO3. The van der Waals surface area contributed by atoms with E-state index in [4.69, 9.17) is 9.47 Å². The van der Waals surface area contributed by atoms with Crippen LogP contribution in [0, 0.1) is 0 Å². The molecule has 1 saturated heterocycles. The first-order chi connectivity index (χ1) is 10.1. The van der Waals surface area contributed by atoms with E-state index in [1.165, 1.54) is 11.6 Å². The topological polar surface area (TPSA) is 38.8 Å². The molecule has 1 aromatic carbocycles. The van der Waals surface area contributed by atoms with Crippen molar-refractivity contribution in [1.82, 2.24) is 4.90 Å². The van der Waals surface area contributed by atoms with Gasteiger partial charge in [0.15, 0.2) is 17.3 Å². The van der Waals surface area contributed by atoms with Crippen LogP contribution in [-0.2, 0) is 4.79 Å². The minimum absolute atomic E-state index is 0.0965. The maximum atomic E-state index is 11.7. The van der Waals surface area contributed by atoms with Gasteiger partial charge in [-0.3, -0.25) is 4.79 Å². The summed E-state index contributed by atoms with van der Waals surface area (Å²) in [5, 5.41) is 0. The second kappa shape index (κ2) is 6.76. The van der Waals surface area contributed by atoms with E-state index in [9.17, 15) is 4.79 Å². The van der Waals surface area contributed by atoms with Gasteiger partial charge in [-0.2, -0.15) is 0 Å². The van der Waals surface area contributed by atoms with Crippen molar-refractivity contribution in [1.29, 1.82) is 0 Å². The van der Waals surface area contributed by atoms with Crippen molar-refractivity contribution in [3.8, 4) is 11.5 Å². The first-order valence-electron chi connectivity index (χ1n) is 7.18. The Morgan fingerprint density at radius 1 is 1.38 bits per heavy atom. The molecule has 0 aromatic heterocycles. The van der Waals surface area contributed by atoms with Crippen LogP contribution in [0.25, 0.3) is 0 Å². The SMILES string of the molecule is C=CC(=O)CC1C(c2ccc(OC)c(OC)c2)CCN1C. The van der Waals surface area contributed by atoms with Crippen molar-refractivity contribution < 1.29 is 14.3 Å². The fourth-order valence-corrected chi connectivity index (χ4v) is 3.07. The van der Waals surface area contributed by atoms with E-state index in [0.29, 0.717) is 12.3 Å². The molecule has 0 spiro atoms. The number of hydrogen-bond acceptors (Lipinski definition) is 4. The standard InChI is InChI=1S/C17H23NO3/c1-5-13(19)11-15-14(8-9-18(15)2)12-6-7-16(20-3)17(10-12)21-4/h5-7,10,14-15H,1,8-9,11H2,2-4H3. The van der Waals surface area contributed by atoms with E-state index in [1.807, 2.05) is 12.1 Å². The van der Waals surface area contributed by atoms with E-state index >= 15 is 0 Å². The van der Waals surface area contributed by atoms with Gasteiger partial charge in [-0.1, -0.05) is 12.6 Å². The minimum Gasteiger partial charge on any atom is -0.493 e. The Labute approximate surface area is 126 Å². The Balaban J connectivity index is 2.26. The molecule has 0 aliphatic carbocycles. The Hall–Kier alpha value is -1.81. The van der Waals surface area contributed by atoms with E-state index < -0.39 is 0 Å². The molecule has 1 aliphatic rings. The lowest BCUT2D eigenvalue weighted by Gasteiger charge is -2.25. The van der Waals surface area contributed by atoms with Crippen LogP contribution in [0.4, 0.5) is 0 Å². The summed E-state index contributed by atoms with van der Waals surface area (Å²) in [7, 11) is 5.34. The number of ether oxygens (including phenoxy) is 2. The summed E-state index contributed by atoms with van der Waals surface area (Å²) >= 11 is 0. The molecule has 0 amide bonds. The average Bonchev–Trinajstić information content (AvgIpc) is 2.87. The van der Waals surface area contributed by atoms with Crippen LogP contribution in [0.1, 0.15) is 24.3 Å². The number of hydrogen-bond donors (Lipinski definition) is 0. The van der Waals surface area contributed by atoms with Crippen molar-refractivity contribution in [2.75, 3.05) is 27.8 Å². The van der Waals surface area contributed by atoms with E-state index in [0.717, 1.165) is 24.5 Å². The zero-order chi connectivity index (χ0) is 15.4. The summed E-state index contributed by atoms with van der Waals surface area (Å²) in [5.41, 5.74) is 1.19. The Morgan fingerprint density at radius 3 is 2.71 bits per heavy atom. The fourth-order valence-electron chi connectivity index (χ4n) is 3.07. The van der Waals surface area contributed by atoms with Gasteiger partial charge in [-0.25, -0.2) is 0 Å². The second-order valence-electron chi connectivity index (χ2n) is 5.43. The average molecular weight is 289 g/mol. The third-order valence-corrected chi connectivity index (χ3v) is 4.30. The number of likely N-dealkylation sites (tertiary alicyclic amines) is 1. The number of methoxy groups -OCH3 is 2. The van der Waals surface area contributed by atoms with Gasteiger partial charge in [0.1, 0.15) is 0 Å². The normalized spacial score (nSPS) is 22.0. The van der Waals surface area contributed by atoms with Crippen LogP contribution in [0.2, 0.25) is 0 Å². The number of allylic oxidation sites excluding steroid dienone is 1. The van der Waals surface area contributed by atoms with Crippen LogP contribution < -0.4 is 9.47 Å². The van der Waals surface area contributed by atoms with Crippen LogP contribution >= 0.6 is 0 Å². The molecule has 0 radical (unpaired) electrons. The number of nitrogens with zero attached hydrogens (tertiary/aromatic N) is 1. The quantitative estimate of drug-likeness (QED) is 0.755. The fraction of sp³-hybridized carbons (Fsp3) is 0.471. The third-order valence-electron chi connectivity index (χ3n) is 4.30. The first kappa shape index (κ1) is 15.6. The van der Waals surface area contributed by atoms with Crippen LogP contribution in [-0.4, -0.2) is 44.5 Å². The number of ketones is 1. The highest BCUT2D eigenvalue weighted by Gasteiger charge is 2.34. The molecule has 1 aliphatic heterocycles. The first-order valence-corrected chi connectivity index (χ1v) is 7.18. The molecule has 4 nitrogen and oxygen atoms in total. The molecule has 0 N–H and O–H groups in total. The summed E-state index contributed by atoms with van der Waals surface area (Å²) in [4.78, 5) is 14.0. The van der Waals surface area contributed by atoms with E-state index in [-0.39, 0.29) is 11.8 Å². The van der Waals surface area contributed by atoms with Gasteiger partial charge in [0.05, 0.1) is 14.2 Å². The lowest BCUT2D eigenvalue weighted by molar-refractivity contribution is -0.115. The lowest BCUT2D eigenvalue weighted by Crippen LogP contribution is -2.30. The Morgan fingerprint density at radius 2 is 2.10 bits per heavy atom. The number of carbonyl (C=O) groups is 1. The minimum atomic E-state index is 0.0965. The van der Waals surface area contributed by atoms with Gasteiger partial charge in [0.2, 0.25) is 0 Å². The summed E-state index contributed by atoms with van der Waals surface area (Å²) in [6, 6.07) is 6.23. The van der Waals surface area contributed by atoms with Gasteiger partial charge in [0.25, 0.3) is 0 Å². The zero-order valence-electron chi connectivity index (χ0n) is 13.0. The maximum absolute atomic E-state index is 11.7. The third kappa shape index (κ3) is 3.27. The number of benzene rings is 1. The summed E-state index contributed by atoms with van der Waals surface area (Å²) in [6.07, 6.45) is 2.97. The summed E-state index contributed by atoms with van der Waals surface area (Å²) in [5.74, 6) is 1.89. The van der Waals surface area contributed by atoms with Crippen molar-refractivity contribution in [2.24, 2.45) is 0 Å². The zero-order valence-corrected chi connectivity index (χ0v) is 13.0. The van der Waals surface area contributed by atoms with Gasteiger partial charge in [0, 0.05) is 18.4 Å². The van der Waals surface area contributed by atoms with Crippen molar-refractivity contribution >= 4 is 5.78 Å². The lowest BCUT2D eigenvalue weighted by atomic mass is 9.88. The largest absolute Gasteiger partial charge is 0.493 e. The summed E-state index contributed by atoms with van der Waals surface area (Å²) < 4.78 is 10.7. The highest BCUT2D eigenvalue weighted by atomic mass is 16.5. The predicted octanol–water partition coefficient (Wildman–Crippen LogP) is 2.64.